The van der Waals surface area contributed by atoms with E-state index in [0.717, 1.165) is 70.1 Å². The molecule has 6 heteroatoms. The Labute approximate surface area is 198 Å². The average molecular weight is 448 g/mol. The van der Waals surface area contributed by atoms with Gasteiger partial charge in [0.05, 0.1) is 0 Å². The fourth-order valence-electron chi connectivity index (χ4n) is 4.74. The van der Waals surface area contributed by atoms with Gasteiger partial charge in [0.25, 0.3) is 0 Å². The molecule has 2 N–H and O–H groups in total. The van der Waals surface area contributed by atoms with Gasteiger partial charge in [0.1, 0.15) is 0 Å². The van der Waals surface area contributed by atoms with Crippen LogP contribution in [0.3, 0.4) is 0 Å². The van der Waals surface area contributed by atoms with Crippen molar-refractivity contribution >= 4 is 17.6 Å². The Morgan fingerprint density at radius 2 is 1.79 bits per heavy atom. The maximum Gasteiger partial charge on any atom is 0.227 e. The van der Waals surface area contributed by atoms with E-state index in [1.54, 1.807) is 0 Å². The first-order valence-corrected chi connectivity index (χ1v) is 12.4. The molecular weight excluding hydrogens is 410 g/mol. The second kappa shape index (κ2) is 11.8. The standard InChI is InChI=1S/C27H37N5O/c1-2-28-27(30-24-15-18-31(19-16-24)21-22-9-4-3-5-10-22)29-17-8-13-26(33)32-20-14-23-11-6-7-12-25(23)32/h3-7,9-12,24H,2,8,13-21H2,1H3,(H2,28,29,30). The summed E-state index contributed by atoms with van der Waals surface area (Å²) in [6.45, 7) is 7.60. The van der Waals surface area contributed by atoms with Gasteiger partial charge >= 0.3 is 0 Å². The maximum atomic E-state index is 12.7. The van der Waals surface area contributed by atoms with E-state index in [9.17, 15) is 4.79 Å². The lowest BCUT2D eigenvalue weighted by atomic mass is 10.0. The zero-order valence-electron chi connectivity index (χ0n) is 19.8. The minimum absolute atomic E-state index is 0.207. The summed E-state index contributed by atoms with van der Waals surface area (Å²) in [7, 11) is 0. The van der Waals surface area contributed by atoms with Crippen molar-refractivity contribution in [3.05, 3.63) is 65.7 Å². The van der Waals surface area contributed by atoms with Gasteiger partial charge in [-0.15, -0.1) is 0 Å². The molecule has 33 heavy (non-hydrogen) atoms. The molecule has 0 aromatic heterocycles. The van der Waals surface area contributed by atoms with Gasteiger partial charge in [-0.25, -0.2) is 0 Å². The van der Waals surface area contributed by atoms with E-state index in [4.69, 9.17) is 4.99 Å². The van der Waals surface area contributed by atoms with E-state index in [-0.39, 0.29) is 5.91 Å². The number of guanidine groups is 1. The van der Waals surface area contributed by atoms with Crippen molar-refractivity contribution in [3.63, 3.8) is 0 Å². The first-order chi connectivity index (χ1) is 16.2. The summed E-state index contributed by atoms with van der Waals surface area (Å²) in [6.07, 6.45) is 4.49. The molecular formula is C27H37N5O. The molecule has 0 spiro atoms. The van der Waals surface area contributed by atoms with Crippen LogP contribution in [0.1, 0.15) is 43.7 Å². The normalized spacial score (nSPS) is 17.1. The summed E-state index contributed by atoms with van der Waals surface area (Å²) in [6, 6.07) is 19.4. The van der Waals surface area contributed by atoms with Gasteiger partial charge in [0.2, 0.25) is 5.91 Å². The third-order valence-corrected chi connectivity index (χ3v) is 6.53. The van der Waals surface area contributed by atoms with E-state index >= 15 is 0 Å². The highest BCUT2D eigenvalue weighted by molar-refractivity contribution is 5.95. The largest absolute Gasteiger partial charge is 0.357 e. The summed E-state index contributed by atoms with van der Waals surface area (Å²) in [5.41, 5.74) is 3.74. The fraction of sp³-hybridized carbons (Fsp3) is 0.481. The topological polar surface area (TPSA) is 60.0 Å². The molecule has 2 aliphatic rings. The number of aliphatic imine (C=N–C) groups is 1. The molecule has 2 heterocycles. The van der Waals surface area contributed by atoms with Crippen molar-refractivity contribution in [1.82, 2.24) is 15.5 Å². The third-order valence-electron chi connectivity index (χ3n) is 6.53. The second-order valence-electron chi connectivity index (χ2n) is 8.97. The number of carbonyl (C=O) groups is 1. The van der Waals surface area contributed by atoms with E-state index in [1.807, 2.05) is 17.0 Å². The zero-order valence-corrected chi connectivity index (χ0v) is 19.8. The first-order valence-electron chi connectivity index (χ1n) is 12.4. The first kappa shape index (κ1) is 23.3. The molecule has 0 radical (unpaired) electrons. The molecule has 0 bridgehead atoms. The molecule has 0 saturated carbocycles. The summed E-state index contributed by atoms with van der Waals surface area (Å²) in [4.78, 5) is 21.9. The van der Waals surface area contributed by atoms with E-state index in [2.05, 4.69) is 64.9 Å². The summed E-state index contributed by atoms with van der Waals surface area (Å²) < 4.78 is 0. The lowest BCUT2D eigenvalue weighted by Crippen LogP contribution is -2.48. The van der Waals surface area contributed by atoms with Crippen LogP contribution < -0.4 is 15.5 Å². The number of hydrogen-bond acceptors (Lipinski definition) is 3. The quantitative estimate of drug-likeness (QED) is 0.369. The monoisotopic (exact) mass is 447 g/mol. The van der Waals surface area contributed by atoms with Crippen LogP contribution in [0.25, 0.3) is 0 Å². The number of likely N-dealkylation sites (tertiary alicyclic amines) is 1. The number of anilines is 1. The molecule has 0 atom stereocenters. The van der Waals surface area contributed by atoms with E-state index in [1.165, 1.54) is 11.1 Å². The number of nitrogens with one attached hydrogen (secondary N) is 2. The predicted octanol–water partition coefficient (Wildman–Crippen LogP) is 3.58. The van der Waals surface area contributed by atoms with E-state index in [0.29, 0.717) is 19.0 Å². The van der Waals surface area contributed by atoms with Gasteiger partial charge in [-0.3, -0.25) is 14.7 Å². The molecule has 0 aliphatic carbocycles. The Bertz CT molecular complexity index is 921. The number of carbonyl (C=O) groups excluding carboxylic acids is 1. The predicted molar refractivity (Wildman–Crippen MR) is 136 cm³/mol. The smallest absolute Gasteiger partial charge is 0.227 e. The molecule has 4 rings (SSSR count). The van der Waals surface area contributed by atoms with Crippen molar-refractivity contribution in [2.45, 2.75) is 51.6 Å². The Kier molecular flexibility index (Phi) is 8.36. The van der Waals surface area contributed by atoms with E-state index < -0.39 is 0 Å². The SMILES string of the molecule is CCNC(=NCCCC(=O)N1CCc2ccccc21)NC1CCN(Cc2ccccc2)CC1. The van der Waals surface area contributed by atoms with Gasteiger partial charge in [0.15, 0.2) is 5.96 Å². The van der Waals surface area contributed by atoms with Crippen LogP contribution in [0.2, 0.25) is 0 Å². The number of rotatable bonds is 8. The van der Waals surface area contributed by atoms with Crippen LogP contribution in [0.15, 0.2) is 59.6 Å². The molecule has 6 nitrogen and oxygen atoms in total. The Hall–Kier alpha value is -2.86. The van der Waals surface area contributed by atoms with Crippen molar-refractivity contribution in [2.24, 2.45) is 4.99 Å². The highest BCUT2D eigenvalue weighted by atomic mass is 16.2. The van der Waals surface area contributed by atoms with Crippen molar-refractivity contribution in [2.75, 3.05) is 37.6 Å². The Morgan fingerprint density at radius 1 is 1.03 bits per heavy atom. The Morgan fingerprint density at radius 3 is 2.58 bits per heavy atom. The molecule has 176 valence electrons. The number of amides is 1. The van der Waals surface area contributed by atoms with Crippen LogP contribution in [-0.4, -0.2) is 55.5 Å². The molecule has 2 aromatic rings. The van der Waals surface area contributed by atoms with Crippen molar-refractivity contribution in [3.8, 4) is 0 Å². The molecule has 2 aromatic carbocycles. The maximum absolute atomic E-state index is 12.7. The number of hydrogen-bond donors (Lipinski definition) is 2. The summed E-state index contributed by atoms with van der Waals surface area (Å²) in [5, 5.41) is 6.98. The van der Waals surface area contributed by atoms with Crippen LogP contribution in [-0.2, 0) is 17.8 Å². The molecule has 0 unspecified atom stereocenters. The van der Waals surface area contributed by atoms with Gasteiger partial charge in [-0.05, 0) is 49.8 Å². The van der Waals surface area contributed by atoms with Crippen molar-refractivity contribution in [1.29, 1.82) is 0 Å². The van der Waals surface area contributed by atoms with Crippen LogP contribution in [0.5, 0.6) is 0 Å². The van der Waals surface area contributed by atoms with Gasteiger partial charge in [-0.2, -0.15) is 0 Å². The number of benzene rings is 2. The second-order valence-corrected chi connectivity index (χ2v) is 8.97. The molecule has 2 aliphatic heterocycles. The number of nitrogens with zero attached hydrogens (tertiary/aromatic N) is 3. The minimum Gasteiger partial charge on any atom is -0.357 e. The third kappa shape index (κ3) is 6.57. The molecule has 1 fully saturated rings. The van der Waals surface area contributed by atoms with Gasteiger partial charge in [-0.1, -0.05) is 48.5 Å². The average Bonchev–Trinajstić information content (AvgIpc) is 3.28. The molecule has 1 amide bonds. The van der Waals surface area contributed by atoms with Crippen LogP contribution in [0.4, 0.5) is 5.69 Å². The summed E-state index contributed by atoms with van der Waals surface area (Å²) >= 11 is 0. The molecule has 1 saturated heterocycles. The fourth-order valence-corrected chi connectivity index (χ4v) is 4.74. The van der Waals surface area contributed by atoms with Crippen LogP contribution in [0, 0.1) is 0 Å². The van der Waals surface area contributed by atoms with Crippen LogP contribution >= 0.6 is 0 Å². The zero-order chi connectivity index (χ0) is 22.9. The number of para-hydroxylation sites is 1. The minimum atomic E-state index is 0.207. The van der Waals surface area contributed by atoms with Gasteiger partial charge in [0, 0.05) is 57.4 Å². The van der Waals surface area contributed by atoms with Gasteiger partial charge < -0.3 is 15.5 Å². The highest BCUT2D eigenvalue weighted by Gasteiger charge is 2.23. The lowest BCUT2D eigenvalue weighted by molar-refractivity contribution is -0.118. The highest BCUT2D eigenvalue weighted by Crippen LogP contribution is 2.28. The number of fused-ring (bicyclic) bond motifs is 1. The summed E-state index contributed by atoms with van der Waals surface area (Å²) in [5.74, 6) is 1.08. The Balaban J connectivity index is 1.19. The van der Waals surface area contributed by atoms with Crippen molar-refractivity contribution < 1.29 is 4.79 Å². The number of piperidine rings is 1. The lowest BCUT2D eigenvalue weighted by Gasteiger charge is -2.33.